The second-order valence-corrected chi connectivity index (χ2v) is 5.04. The second-order valence-electron chi connectivity index (χ2n) is 4.63. The lowest BCUT2D eigenvalue weighted by Gasteiger charge is -2.22. The third-order valence-corrected chi connectivity index (χ3v) is 3.54. The fourth-order valence-corrected chi connectivity index (χ4v) is 2.39. The first-order valence-corrected chi connectivity index (χ1v) is 6.64. The fourth-order valence-electron chi connectivity index (χ4n) is 2.14. The highest BCUT2D eigenvalue weighted by atomic mass is 35.5. The van der Waals surface area contributed by atoms with E-state index < -0.39 is 0 Å². The van der Waals surface area contributed by atoms with Gasteiger partial charge in [0, 0.05) is 24.7 Å². The van der Waals surface area contributed by atoms with Crippen LogP contribution < -0.4 is 5.32 Å². The quantitative estimate of drug-likeness (QED) is 0.910. The SMILES string of the molecule is N#Cc1ccc(CNCC2CCCOC2)c(Cl)c1. The number of hydrogen-bond acceptors (Lipinski definition) is 3. The van der Waals surface area contributed by atoms with Crippen molar-refractivity contribution in [2.45, 2.75) is 19.4 Å². The van der Waals surface area contributed by atoms with E-state index in [2.05, 4.69) is 11.4 Å². The van der Waals surface area contributed by atoms with Crippen LogP contribution in [0.25, 0.3) is 0 Å². The number of halogens is 1. The highest BCUT2D eigenvalue weighted by molar-refractivity contribution is 6.31. The standard InChI is InChI=1S/C14H17ClN2O/c15-14-6-11(7-16)3-4-13(14)9-17-8-12-2-1-5-18-10-12/h3-4,6,12,17H,1-2,5,8-10H2. The van der Waals surface area contributed by atoms with Gasteiger partial charge in [-0.15, -0.1) is 0 Å². The number of hydrogen-bond donors (Lipinski definition) is 1. The smallest absolute Gasteiger partial charge is 0.0992 e. The number of benzene rings is 1. The topological polar surface area (TPSA) is 45.0 Å². The minimum absolute atomic E-state index is 0.601. The Balaban J connectivity index is 1.81. The number of nitrogens with zero attached hydrogens (tertiary/aromatic N) is 1. The predicted molar refractivity (Wildman–Crippen MR) is 71.4 cm³/mol. The van der Waals surface area contributed by atoms with Gasteiger partial charge in [0.25, 0.3) is 0 Å². The van der Waals surface area contributed by atoms with Gasteiger partial charge in [-0.2, -0.15) is 5.26 Å². The minimum Gasteiger partial charge on any atom is -0.381 e. The first-order valence-electron chi connectivity index (χ1n) is 6.26. The van der Waals surface area contributed by atoms with Crippen LogP contribution in [-0.4, -0.2) is 19.8 Å². The van der Waals surface area contributed by atoms with E-state index in [0.29, 0.717) is 16.5 Å². The third kappa shape index (κ3) is 3.71. The van der Waals surface area contributed by atoms with Crippen molar-refractivity contribution in [3.05, 3.63) is 34.3 Å². The van der Waals surface area contributed by atoms with Crippen LogP contribution in [0.15, 0.2) is 18.2 Å². The Morgan fingerprint density at radius 3 is 3.06 bits per heavy atom. The largest absolute Gasteiger partial charge is 0.381 e. The van der Waals surface area contributed by atoms with Crippen molar-refractivity contribution in [1.29, 1.82) is 5.26 Å². The number of rotatable bonds is 4. The maximum absolute atomic E-state index is 8.76. The summed E-state index contributed by atoms with van der Waals surface area (Å²) < 4.78 is 5.44. The predicted octanol–water partition coefficient (Wildman–Crippen LogP) is 2.73. The van der Waals surface area contributed by atoms with Crippen LogP contribution in [-0.2, 0) is 11.3 Å². The Bertz CT molecular complexity index is 436. The van der Waals surface area contributed by atoms with Crippen LogP contribution in [0.5, 0.6) is 0 Å². The van der Waals surface area contributed by atoms with Gasteiger partial charge in [-0.25, -0.2) is 0 Å². The lowest BCUT2D eigenvalue weighted by atomic mass is 10.0. The average molecular weight is 265 g/mol. The Morgan fingerprint density at radius 2 is 2.39 bits per heavy atom. The molecule has 1 heterocycles. The van der Waals surface area contributed by atoms with Gasteiger partial charge in [0.15, 0.2) is 0 Å². The molecule has 96 valence electrons. The molecule has 1 aliphatic rings. The molecule has 2 rings (SSSR count). The summed E-state index contributed by atoms with van der Waals surface area (Å²) in [6.45, 7) is 3.45. The summed E-state index contributed by atoms with van der Waals surface area (Å²) in [5, 5.41) is 12.8. The maximum Gasteiger partial charge on any atom is 0.0992 e. The molecular weight excluding hydrogens is 248 g/mol. The summed E-state index contributed by atoms with van der Waals surface area (Å²) in [5.74, 6) is 0.607. The number of nitriles is 1. The van der Waals surface area contributed by atoms with E-state index >= 15 is 0 Å². The van der Waals surface area contributed by atoms with Crippen molar-refractivity contribution in [1.82, 2.24) is 5.32 Å². The van der Waals surface area contributed by atoms with Gasteiger partial charge in [0.05, 0.1) is 18.2 Å². The van der Waals surface area contributed by atoms with E-state index in [1.54, 1.807) is 12.1 Å². The molecule has 1 aromatic rings. The summed E-state index contributed by atoms with van der Waals surface area (Å²) in [6, 6.07) is 7.50. The maximum atomic E-state index is 8.76. The van der Waals surface area contributed by atoms with Crippen LogP contribution in [0.2, 0.25) is 5.02 Å². The molecule has 4 heteroatoms. The van der Waals surface area contributed by atoms with Gasteiger partial charge >= 0.3 is 0 Å². The van der Waals surface area contributed by atoms with Crippen LogP contribution in [0.4, 0.5) is 0 Å². The van der Waals surface area contributed by atoms with Crippen molar-refractivity contribution >= 4 is 11.6 Å². The molecule has 1 unspecified atom stereocenters. The molecule has 0 radical (unpaired) electrons. The van der Waals surface area contributed by atoms with E-state index in [4.69, 9.17) is 21.6 Å². The molecule has 3 nitrogen and oxygen atoms in total. The molecule has 1 fully saturated rings. The van der Waals surface area contributed by atoms with E-state index in [9.17, 15) is 0 Å². The van der Waals surface area contributed by atoms with Crippen molar-refractivity contribution in [3.8, 4) is 6.07 Å². The summed E-state index contributed by atoms with van der Waals surface area (Å²) in [5.41, 5.74) is 1.64. The molecule has 0 spiro atoms. The molecule has 18 heavy (non-hydrogen) atoms. The molecule has 0 saturated carbocycles. The van der Waals surface area contributed by atoms with Gasteiger partial charge < -0.3 is 10.1 Å². The molecule has 1 aliphatic heterocycles. The number of ether oxygens (including phenoxy) is 1. The minimum atomic E-state index is 0.601. The number of nitrogens with one attached hydrogen (secondary N) is 1. The van der Waals surface area contributed by atoms with E-state index in [1.165, 1.54) is 6.42 Å². The third-order valence-electron chi connectivity index (χ3n) is 3.19. The van der Waals surface area contributed by atoms with E-state index in [0.717, 1.165) is 38.3 Å². The molecule has 0 aromatic heterocycles. The molecule has 1 saturated heterocycles. The van der Waals surface area contributed by atoms with Crippen LogP contribution in [0, 0.1) is 17.2 Å². The van der Waals surface area contributed by atoms with Crippen molar-refractivity contribution in [2.24, 2.45) is 5.92 Å². The van der Waals surface area contributed by atoms with Crippen LogP contribution in [0.1, 0.15) is 24.0 Å². The molecular formula is C14H17ClN2O. The zero-order chi connectivity index (χ0) is 12.8. The van der Waals surface area contributed by atoms with Crippen LogP contribution >= 0.6 is 11.6 Å². The Kier molecular flexibility index (Phi) is 5.00. The zero-order valence-electron chi connectivity index (χ0n) is 10.3. The van der Waals surface area contributed by atoms with Gasteiger partial charge in [-0.3, -0.25) is 0 Å². The Labute approximate surface area is 113 Å². The van der Waals surface area contributed by atoms with Gasteiger partial charge in [0.2, 0.25) is 0 Å². The van der Waals surface area contributed by atoms with Crippen molar-refractivity contribution < 1.29 is 4.74 Å². The average Bonchev–Trinajstić information content (AvgIpc) is 2.42. The molecule has 1 atom stereocenters. The summed E-state index contributed by atoms with van der Waals surface area (Å²) >= 11 is 6.11. The van der Waals surface area contributed by atoms with Gasteiger partial charge in [0.1, 0.15) is 0 Å². The lowest BCUT2D eigenvalue weighted by molar-refractivity contribution is 0.0547. The molecule has 1 aromatic carbocycles. The van der Waals surface area contributed by atoms with Crippen LogP contribution in [0.3, 0.4) is 0 Å². The first-order chi connectivity index (χ1) is 8.79. The van der Waals surface area contributed by atoms with Crippen molar-refractivity contribution in [2.75, 3.05) is 19.8 Å². The second kappa shape index (κ2) is 6.75. The van der Waals surface area contributed by atoms with E-state index in [-0.39, 0.29) is 0 Å². The molecule has 1 N–H and O–H groups in total. The van der Waals surface area contributed by atoms with Crippen molar-refractivity contribution in [3.63, 3.8) is 0 Å². The van der Waals surface area contributed by atoms with Gasteiger partial charge in [-0.05, 0) is 36.5 Å². The monoisotopic (exact) mass is 264 g/mol. The zero-order valence-corrected chi connectivity index (χ0v) is 11.0. The normalized spacial score (nSPS) is 19.4. The lowest BCUT2D eigenvalue weighted by Crippen LogP contribution is -2.28. The summed E-state index contributed by atoms with van der Waals surface area (Å²) in [7, 11) is 0. The Morgan fingerprint density at radius 1 is 1.50 bits per heavy atom. The van der Waals surface area contributed by atoms with Gasteiger partial charge in [-0.1, -0.05) is 17.7 Å². The Hall–Kier alpha value is -1.08. The molecule has 0 amide bonds. The molecule has 0 aliphatic carbocycles. The van der Waals surface area contributed by atoms with E-state index in [1.807, 2.05) is 6.07 Å². The molecule has 0 bridgehead atoms. The fraction of sp³-hybridized carbons (Fsp3) is 0.500. The summed E-state index contributed by atoms with van der Waals surface area (Å²) in [4.78, 5) is 0. The highest BCUT2D eigenvalue weighted by Gasteiger charge is 2.13. The first kappa shape index (κ1) is 13.4. The highest BCUT2D eigenvalue weighted by Crippen LogP contribution is 2.18. The summed E-state index contributed by atoms with van der Waals surface area (Å²) in [6.07, 6.45) is 2.39.